The lowest BCUT2D eigenvalue weighted by Crippen LogP contribution is -1.93. The van der Waals surface area contributed by atoms with E-state index in [1.807, 2.05) is 29.5 Å². The quantitative estimate of drug-likeness (QED) is 0.642. The smallest absolute Gasteiger partial charge is 0.0669 e. The van der Waals surface area contributed by atoms with Crippen LogP contribution < -0.4 is 0 Å². The number of alkyl halides is 1. The zero-order chi connectivity index (χ0) is 11.7. The minimum Gasteiger partial charge on any atom is -0.146 e. The second-order valence-electron chi connectivity index (χ2n) is 3.75. The van der Waals surface area contributed by atoms with Crippen molar-refractivity contribution in [2.45, 2.75) is 18.7 Å². The Morgan fingerprint density at radius 3 is 2.44 bits per heavy atom. The lowest BCUT2D eigenvalue weighted by atomic mass is 10.1. The van der Waals surface area contributed by atoms with E-state index in [9.17, 15) is 0 Å². The number of rotatable bonds is 2. The fraction of sp³-hybridized carbons (Fsp3) is 0.231. The molecule has 0 bridgehead atoms. The van der Waals surface area contributed by atoms with E-state index in [1.165, 1.54) is 15.3 Å². The molecule has 0 amide bonds. The molecule has 2 aromatic rings. The maximum absolute atomic E-state index is 6.20. The average Bonchev–Trinajstić information content (AvgIpc) is 2.58. The van der Waals surface area contributed by atoms with E-state index in [4.69, 9.17) is 11.6 Å². The summed E-state index contributed by atoms with van der Waals surface area (Å²) in [6, 6.07) is 10.2. The van der Waals surface area contributed by atoms with Crippen LogP contribution in [-0.4, -0.2) is 0 Å². The number of aryl methyl sites for hydroxylation is 2. The van der Waals surface area contributed by atoms with Crippen LogP contribution in [0.5, 0.6) is 0 Å². The molecule has 3 heteroatoms. The van der Waals surface area contributed by atoms with Crippen LogP contribution in [0, 0.1) is 13.8 Å². The Bertz CT molecular complexity index is 504. The van der Waals surface area contributed by atoms with Crippen LogP contribution in [0.1, 0.15) is 25.7 Å². The summed E-state index contributed by atoms with van der Waals surface area (Å²) in [5.74, 6) is 0. The van der Waals surface area contributed by atoms with Crippen LogP contribution in [0.2, 0.25) is 5.02 Å². The van der Waals surface area contributed by atoms with Crippen molar-refractivity contribution < 1.29 is 0 Å². The van der Waals surface area contributed by atoms with Crippen molar-refractivity contribution in [1.29, 1.82) is 0 Å². The van der Waals surface area contributed by atoms with Gasteiger partial charge in [0, 0.05) is 14.8 Å². The molecular formula is C13H12BrClS. The minimum atomic E-state index is 0.186. The molecule has 0 spiro atoms. The van der Waals surface area contributed by atoms with Gasteiger partial charge in [0.1, 0.15) is 0 Å². The predicted octanol–water partition coefficient (Wildman–Crippen LogP) is 5.50. The van der Waals surface area contributed by atoms with Crippen molar-refractivity contribution in [1.82, 2.24) is 0 Å². The summed E-state index contributed by atoms with van der Waals surface area (Å²) >= 11 is 11.8. The van der Waals surface area contributed by atoms with E-state index >= 15 is 0 Å². The number of benzene rings is 1. The first kappa shape index (κ1) is 12.2. The van der Waals surface area contributed by atoms with Gasteiger partial charge in [-0.2, -0.15) is 0 Å². The van der Waals surface area contributed by atoms with Gasteiger partial charge in [0.25, 0.3) is 0 Å². The molecule has 1 atom stereocenters. The van der Waals surface area contributed by atoms with Gasteiger partial charge in [-0.3, -0.25) is 0 Å². The number of halogens is 2. The molecule has 1 unspecified atom stereocenters. The Hall–Kier alpha value is -0.310. The highest BCUT2D eigenvalue weighted by molar-refractivity contribution is 9.09. The molecule has 0 N–H and O–H groups in total. The van der Waals surface area contributed by atoms with Gasteiger partial charge >= 0.3 is 0 Å². The summed E-state index contributed by atoms with van der Waals surface area (Å²) in [6.45, 7) is 4.28. The Labute approximate surface area is 113 Å². The van der Waals surface area contributed by atoms with Gasteiger partial charge in [0.2, 0.25) is 0 Å². The zero-order valence-corrected chi connectivity index (χ0v) is 12.3. The summed E-state index contributed by atoms with van der Waals surface area (Å²) in [7, 11) is 0. The van der Waals surface area contributed by atoms with Gasteiger partial charge in [-0.05, 0) is 37.1 Å². The molecular weight excluding hydrogens is 304 g/mol. The van der Waals surface area contributed by atoms with E-state index in [1.54, 1.807) is 0 Å². The zero-order valence-electron chi connectivity index (χ0n) is 9.13. The van der Waals surface area contributed by atoms with Crippen LogP contribution in [-0.2, 0) is 0 Å². The topological polar surface area (TPSA) is 0 Å². The first-order chi connectivity index (χ1) is 7.59. The molecule has 0 saturated carbocycles. The SMILES string of the molecule is Cc1cc(C(Br)c2ccccc2Cl)c(C)s1. The van der Waals surface area contributed by atoms with Crippen LogP contribution in [0.4, 0.5) is 0 Å². The van der Waals surface area contributed by atoms with E-state index < -0.39 is 0 Å². The average molecular weight is 316 g/mol. The van der Waals surface area contributed by atoms with Crippen LogP contribution in [0.25, 0.3) is 0 Å². The largest absolute Gasteiger partial charge is 0.146 e. The highest BCUT2D eigenvalue weighted by Crippen LogP contribution is 2.39. The molecule has 0 fully saturated rings. The van der Waals surface area contributed by atoms with Crippen LogP contribution in [0.15, 0.2) is 30.3 Å². The normalized spacial score (nSPS) is 12.8. The first-order valence-corrected chi connectivity index (χ1v) is 7.16. The van der Waals surface area contributed by atoms with E-state index in [-0.39, 0.29) is 4.83 Å². The first-order valence-electron chi connectivity index (χ1n) is 5.05. The summed E-state index contributed by atoms with van der Waals surface area (Å²) < 4.78 is 0. The van der Waals surface area contributed by atoms with Crippen molar-refractivity contribution in [2.24, 2.45) is 0 Å². The molecule has 0 aliphatic heterocycles. The van der Waals surface area contributed by atoms with Crippen LogP contribution >= 0.6 is 38.9 Å². The number of hydrogen-bond donors (Lipinski definition) is 0. The van der Waals surface area contributed by atoms with Crippen molar-refractivity contribution in [3.05, 3.63) is 56.2 Å². The van der Waals surface area contributed by atoms with Crippen LogP contribution in [0.3, 0.4) is 0 Å². The molecule has 0 aliphatic rings. The van der Waals surface area contributed by atoms with Crippen molar-refractivity contribution in [2.75, 3.05) is 0 Å². The van der Waals surface area contributed by atoms with Gasteiger partial charge in [0.15, 0.2) is 0 Å². The Kier molecular flexibility index (Phi) is 3.73. The fourth-order valence-electron chi connectivity index (χ4n) is 1.75. The molecule has 0 aliphatic carbocycles. The third kappa shape index (κ3) is 2.34. The van der Waals surface area contributed by atoms with E-state index in [0.717, 1.165) is 10.6 Å². The fourth-order valence-corrected chi connectivity index (χ4v) is 4.12. The molecule has 84 valence electrons. The van der Waals surface area contributed by atoms with E-state index in [0.29, 0.717) is 0 Å². The lowest BCUT2D eigenvalue weighted by Gasteiger charge is -2.11. The molecule has 1 aromatic carbocycles. The van der Waals surface area contributed by atoms with Gasteiger partial charge in [-0.25, -0.2) is 0 Å². The van der Waals surface area contributed by atoms with Crippen molar-refractivity contribution in [3.8, 4) is 0 Å². The van der Waals surface area contributed by atoms with Crippen molar-refractivity contribution >= 4 is 38.9 Å². The van der Waals surface area contributed by atoms with Gasteiger partial charge in [-0.1, -0.05) is 45.7 Å². The highest BCUT2D eigenvalue weighted by Gasteiger charge is 2.16. The standard InChI is InChI=1S/C13H12BrClS/c1-8-7-11(9(2)16-8)13(14)10-5-3-4-6-12(10)15/h3-7,13H,1-2H3. The summed E-state index contributed by atoms with van der Waals surface area (Å²) in [4.78, 5) is 2.87. The maximum atomic E-state index is 6.20. The lowest BCUT2D eigenvalue weighted by molar-refractivity contribution is 1.17. The Balaban J connectivity index is 2.43. The molecule has 0 saturated heterocycles. The summed E-state index contributed by atoms with van der Waals surface area (Å²) in [5.41, 5.74) is 2.45. The molecule has 2 rings (SSSR count). The number of hydrogen-bond acceptors (Lipinski definition) is 1. The maximum Gasteiger partial charge on any atom is 0.0669 e. The van der Waals surface area contributed by atoms with Gasteiger partial charge in [0.05, 0.1) is 4.83 Å². The third-order valence-electron chi connectivity index (χ3n) is 2.53. The molecule has 1 aromatic heterocycles. The Morgan fingerprint density at radius 1 is 1.19 bits per heavy atom. The third-order valence-corrected chi connectivity index (χ3v) is 4.84. The number of thiophene rings is 1. The second-order valence-corrected chi connectivity index (χ2v) is 6.54. The summed E-state index contributed by atoms with van der Waals surface area (Å²) in [5, 5.41) is 0.813. The monoisotopic (exact) mass is 314 g/mol. The Morgan fingerprint density at radius 2 is 1.88 bits per heavy atom. The molecule has 0 nitrogen and oxygen atoms in total. The minimum absolute atomic E-state index is 0.186. The molecule has 16 heavy (non-hydrogen) atoms. The predicted molar refractivity (Wildman–Crippen MR) is 76.0 cm³/mol. The highest BCUT2D eigenvalue weighted by atomic mass is 79.9. The molecule has 1 heterocycles. The summed E-state index contributed by atoms with van der Waals surface area (Å²) in [6.07, 6.45) is 0. The molecule has 0 radical (unpaired) electrons. The second kappa shape index (κ2) is 4.91. The van der Waals surface area contributed by atoms with Gasteiger partial charge in [-0.15, -0.1) is 11.3 Å². The van der Waals surface area contributed by atoms with Crippen molar-refractivity contribution in [3.63, 3.8) is 0 Å². The van der Waals surface area contributed by atoms with Gasteiger partial charge < -0.3 is 0 Å². The van der Waals surface area contributed by atoms with E-state index in [2.05, 4.69) is 41.9 Å².